The molecule has 1 heterocycles. The molecular weight excluding hydrogens is 186 g/mol. The molecule has 0 aliphatic rings. The van der Waals surface area contributed by atoms with Crippen LogP contribution >= 0.6 is 0 Å². The van der Waals surface area contributed by atoms with Crippen LogP contribution < -0.4 is 5.32 Å². The summed E-state index contributed by atoms with van der Waals surface area (Å²) in [5, 5.41) is 11.4. The highest BCUT2D eigenvalue weighted by Gasteiger charge is 2.12. The third kappa shape index (κ3) is 2.77. The Balaban J connectivity index is 3.09. The maximum absolute atomic E-state index is 5.50. The molecule has 3 nitrogen and oxygen atoms in total. The topological polar surface area (TPSA) is 37.8 Å². The van der Waals surface area contributed by atoms with Crippen LogP contribution in [0.2, 0.25) is 0 Å². The van der Waals surface area contributed by atoms with E-state index in [9.17, 15) is 0 Å². The van der Waals surface area contributed by atoms with E-state index in [1.54, 1.807) is 0 Å². The van der Waals surface area contributed by atoms with E-state index in [1.807, 2.05) is 19.9 Å². The lowest BCUT2D eigenvalue weighted by atomic mass is 10.0. The number of aryl methyl sites for hydroxylation is 2. The van der Waals surface area contributed by atoms with Crippen LogP contribution in [0.15, 0.2) is 6.07 Å². The fourth-order valence-corrected chi connectivity index (χ4v) is 1.52. The SMILES string of the molecule is C#CC(NCC)c1cc(C)nnc1CC. The number of nitrogens with zero attached hydrogens (tertiary/aromatic N) is 2. The van der Waals surface area contributed by atoms with Crippen molar-refractivity contribution >= 4 is 0 Å². The van der Waals surface area contributed by atoms with E-state index in [0.717, 1.165) is 29.9 Å². The minimum absolute atomic E-state index is 0.0563. The Morgan fingerprint density at radius 2 is 2.20 bits per heavy atom. The fourth-order valence-electron chi connectivity index (χ4n) is 1.52. The number of hydrogen-bond acceptors (Lipinski definition) is 3. The molecule has 15 heavy (non-hydrogen) atoms. The summed E-state index contributed by atoms with van der Waals surface area (Å²) in [5.74, 6) is 2.74. The van der Waals surface area contributed by atoms with E-state index in [0.29, 0.717) is 0 Å². The van der Waals surface area contributed by atoms with Gasteiger partial charge in [-0.05, 0) is 26.0 Å². The Labute approximate surface area is 91.3 Å². The zero-order chi connectivity index (χ0) is 11.3. The van der Waals surface area contributed by atoms with Crippen LogP contribution in [0.5, 0.6) is 0 Å². The number of nitrogens with one attached hydrogen (secondary N) is 1. The summed E-state index contributed by atoms with van der Waals surface area (Å²) < 4.78 is 0. The molecule has 0 aromatic carbocycles. The molecule has 0 fully saturated rings. The van der Waals surface area contributed by atoms with Crippen LogP contribution in [-0.4, -0.2) is 16.7 Å². The van der Waals surface area contributed by atoms with E-state index in [2.05, 4.69) is 28.4 Å². The molecule has 1 atom stereocenters. The monoisotopic (exact) mass is 203 g/mol. The van der Waals surface area contributed by atoms with Gasteiger partial charge in [-0.1, -0.05) is 19.8 Å². The summed E-state index contributed by atoms with van der Waals surface area (Å²) in [6.45, 7) is 6.87. The largest absolute Gasteiger partial charge is 0.300 e. The number of aromatic nitrogens is 2. The molecule has 0 aliphatic carbocycles. The van der Waals surface area contributed by atoms with Crippen LogP contribution in [0.4, 0.5) is 0 Å². The van der Waals surface area contributed by atoms with Crippen molar-refractivity contribution in [3.63, 3.8) is 0 Å². The van der Waals surface area contributed by atoms with Crippen LogP contribution in [0.25, 0.3) is 0 Å². The maximum atomic E-state index is 5.50. The van der Waals surface area contributed by atoms with Gasteiger partial charge in [-0.3, -0.25) is 0 Å². The molecular formula is C12H17N3. The first kappa shape index (κ1) is 11.7. The van der Waals surface area contributed by atoms with Crippen molar-refractivity contribution in [3.8, 4) is 12.3 Å². The summed E-state index contributed by atoms with van der Waals surface area (Å²) in [6.07, 6.45) is 6.36. The summed E-state index contributed by atoms with van der Waals surface area (Å²) in [4.78, 5) is 0. The average Bonchev–Trinajstić information content (AvgIpc) is 2.26. The highest BCUT2D eigenvalue weighted by atomic mass is 15.1. The summed E-state index contributed by atoms with van der Waals surface area (Å²) in [5.41, 5.74) is 2.96. The molecule has 0 radical (unpaired) electrons. The number of rotatable bonds is 4. The first-order valence-electron chi connectivity index (χ1n) is 5.25. The van der Waals surface area contributed by atoms with Crippen molar-refractivity contribution in [1.29, 1.82) is 0 Å². The molecule has 1 aromatic heterocycles. The summed E-state index contributed by atoms with van der Waals surface area (Å²) >= 11 is 0. The lowest BCUT2D eigenvalue weighted by Crippen LogP contribution is -2.21. The quantitative estimate of drug-likeness (QED) is 0.756. The molecule has 3 heteroatoms. The zero-order valence-electron chi connectivity index (χ0n) is 9.54. The number of terminal acetylenes is 1. The van der Waals surface area contributed by atoms with E-state index in [1.165, 1.54) is 0 Å². The van der Waals surface area contributed by atoms with Gasteiger partial charge < -0.3 is 5.32 Å². The predicted octanol–water partition coefficient (Wildman–Crippen LogP) is 1.63. The van der Waals surface area contributed by atoms with Gasteiger partial charge in [0, 0.05) is 5.56 Å². The molecule has 0 saturated heterocycles. The third-order valence-corrected chi connectivity index (χ3v) is 2.25. The standard InChI is InChI=1S/C12H17N3/c1-5-11(13-7-3)10-8-9(4)14-15-12(10)6-2/h1,8,11,13H,6-7H2,2-4H3. The van der Waals surface area contributed by atoms with Crippen molar-refractivity contribution in [2.24, 2.45) is 0 Å². The van der Waals surface area contributed by atoms with Gasteiger partial charge in [-0.15, -0.1) is 6.42 Å². The minimum Gasteiger partial charge on any atom is -0.300 e. The Morgan fingerprint density at radius 1 is 1.47 bits per heavy atom. The van der Waals surface area contributed by atoms with Crippen LogP contribution in [-0.2, 0) is 6.42 Å². The van der Waals surface area contributed by atoms with Gasteiger partial charge in [0.25, 0.3) is 0 Å². The van der Waals surface area contributed by atoms with Crippen molar-refractivity contribution in [2.45, 2.75) is 33.2 Å². The van der Waals surface area contributed by atoms with Gasteiger partial charge in [-0.2, -0.15) is 10.2 Å². The molecule has 80 valence electrons. The Hall–Kier alpha value is -1.40. The second kappa shape index (κ2) is 5.47. The van der Waals surface area contributed by atoms with Crippen LogP contribution in [0, 0.1) is 19.3 Å². The Bertz CT molecular complexity index is 366. The molecule has 0 bridgehead atoms. The highest BCUT2D eigenvalue weighted by molar-refractivity contribution is 5.30. The molecule has 0 aliphatic heterocycles. The predicted molar refractivity (Wildman–Crippen MR) is 61.4 cm³/mol. The zero-order valence-corrected chi connectivity index (χ0v) is 9.54. The normalized spacial score (nSPS) is 12.1. The molecule has 1 N–H and O–H groups in total. The van der Waals surface area contributed by atoms with E-state index in [-0.39, 0.29) is 6.04 Å². The second-order valence-electron chi connectivity index (χ2n) is 3.40. The molecule has 0 amide bonds. The molecule has 1 aromatic rings. The lowest BCUT2D eigenvalue weighted by Gasteiger charge is -2.14. The minimum atomic E-state index is -0.0563. The Morgan fingerprint density at radius 3 is 2.73 bits per heavy atom. The maximum Gasteiger partial charge on any atom is 0.0962 e. The third-order valence-electron chi connectivity index (χ3n) is 2.25. The highest BCUT2D eigenvalue weighted by Crippen LogP contribution is 2.16. The van der Waals surface area contributed by atoms with E-state index in [4.69, 9.17) is 6.42 Å². The molecule has 1 rings (SSSR count). The van der Waals surface area contributed by atoms with Crippen molar-refractivity contribution in [2.75, 3.05) is 6.54 Å². The van der Waals surface area contributed by atoms with Gasteiger partial charge in [0.2, 0.25) is 0 Å². The fraction of sp³-hybridized carbons (Fsp3) is 0.500. The number of hydrogen-bond donors (Lipinski definition) is 1. The molecule has 0 spiro atoms. The molecule has 1 unspecified atom stereocenters. The van der Waals surface area contributed by atoms with Crippen LogP contribution in [0.1, 0.15) is 36.8 Å². The lowest BCUT2D eigenvalue weighted by molar-refractivity contribution is 0.649. The first-order chi connectivity index (χ1) is 7.22. The smallest absolute Gasteiger partial charge is 0.0962 e. The van der Waals surface area contributed by atoms with Crippen LogP contribution in [0.3, 0.4) is 0 Å². The van der Waals surface area contributed by atoms with Gasteiger partial charge in [0.05, 0.1) is 17.4 Å². The summed E-state index contributed by atoms with van der Waals surface area (Å²) in [6, 6.07) is 1.96. The van der Waals surface area contributed by atoms with Crippen molar-refractivity contribution in [1.82, 2.24) is 15.5 Å². The van der Waals surface area contributed by atoms with E-state index >= 15 is 0 Å². The average molecular weight is 203 g/mol. The Kier molecular flexibility index (Phi) is 4.26. The van der Waals surface area contributed by atoms with Gasteiger partial charge in [-0.25, -0.2) is 0 Å². The second-order valence-corrected chi connectivity index (χ2v) is 3.40. The first-order valence-corrected chi connectivity index (χ1v) is 5.25. The van der Waals surface area contributed by atoms with Gasteiger partial charge >= 0.3 is 0 Å². The van der Waals surface area contributed by atoms with E-state index < -0.39 is 0 Å². The molecule has 0 saturated carbocycles. The van der Waals surface area contributed by atoms with Crippen molar-refractivity contribution in [3.05, 3.63) is 23.0 Å². The van der Waals surface area contributed by atoms with Gasteiger partial charge in [0.15, 0.2) is 0 Å². The van der Waals surface area contributed by atoms with Crippen molar-refractivity contribution < 1.29 is 0 Å². The summed E-state index contributed by atoms with van der Waals surface area (Å²) in [7, 11) is 0. The van der Waals surface area contributed by atoms with Gasteiger partial charge in [0.1, 0.15) is 0 Å².